The SMILES string of the molecule is c1ccc(-c2ccc(N(c3ccc4ccc(-c5cc6ccccc6c6ccccc56)cc4c3)c3ccc4c(c3)sc3c5ccccc5ccc43)cc2)cc1. The molecule has 1 nitrogen and oxygen atoms in total. The molecule has 2 heteroatoms. The number of hydrogen-bond donors (Lipinski definition) is 0. The molecule has 0 aliphatic heterocycles. The highest BCUT2D eigenvalue weighted by atomic mass is 32.1. The molecule has 1 aromatic heterocycles. The Morgan fingerprint density at radius 3 is 1.74 bits per heavy atom. The smallest absolute Gasteiger partial charge is 0.0476 e. The molecular formula is C52H33NS. The fraction of sp³-hybridized carbons (Fsp3) is 0. The largest absolute Gasteiger partial charge is 0.310 e. The Morgan fingerprint density at radius 2 is 0.889 bits per heavy atom. The molecule has 54 heavy (non-hydrogen) atoms. The van der Waals surface area contributed by atoms with Gasteiger partial charge in [-0.1, -0.05) is 152 Å². The van der Waals surface area contributed by atoms with E-state index in [0.717, 1.165) is 17.1 Å². The zero-order chi connectivity index (χ0) is 35.6. The standard InChI is InChI=1S/C52H33NS/c1-2-10-34(11-3-1)35-20-24-41(25-21-35)53(43-27-29-48-49-28-23-37-12-4-7-15-45(37)52(49)54-51(48)33-43)42-26-22-36-18-19-39(30-40(36)31-42)50-32-38-13-5-6-14-44(38)46-16-8-9-17-47(46)50/h1-33H. The molecule has 0 aliphatic rings. The molecule has 0 aliphatic carbocycles. The Hall–Kier alpha value is -6.74. The van der Waals surface area contributed by atoms with Crippen LogP contribution in [0, 0.1) is 0 Å². The second kappa shape index (κ2) is 12.4. The van der Waals surface area contributed by atoms with Crippen molar-refractivity contribution in [3.8, 4) is 22.3 Å². The van der Waals surface area contributed by atoms with E-state index in [9.17, 15) is 0 Å². The average molecular weight is 704 g/mol. The van der Waals surface area contributed by atoms with Crippen molar-refractivity contribution in [2.75, 3.05) is 4.90 Å². The molecule has 0 amide bonds. The molecule has 0 fully saturated rings. The molecule has 0 saturated heterocycles. The first kappa shape index (κ1) is 30.8. The van der Waals surface area contributed by atoms with Crippen LogP contribution >= 0.6 is 11.3 Å². The van der Waals surface area contributed by atoms with Gasteiger partial charge in [0.05, 0.1) is 0 Å². The molecular weight excluding hydrogens is 671 g/mol. The van der Waals surface area contributed by atoms with E-state index < -0.39 is 0 Å². The summed E-state index contributed by atoms with van der Waals surface area (Å²) >= 11 is 1.89. The van der Waals surface area contributed by atoms with Crippen LogP contribution in [0.4, 0.5) is 17.1 Å². The maximum atomic E-state index is 2.41. The van der Waals surface area contributed by atoms with Gasteiger partial charge in [-0.15, -0.1) is 11.3 Å². The summed E-state index contributed by atoms with van der Waals surface area (Å²) in [5.41, 5.74) is 8.29. The van der Waals surface area contributed by atoms with E-state index in [1.165, 1.54) is 85.5 Å². The van der Waals surface area contributed by atoms with Crippen LogP contribution in [0.25, 0.3) is 85.5 Å². The Bertz CT molecular complexity index is 3210. The molecule has 0 saturated carbocycles. The summed E-state index contributed by atoms with van der Waals surface area (Å²) in [5, 5.41) is 12.8. The molecule has 11 rings (SSSR count). The molecule has 1 heterocycles. The van der Waals surface area contributed by atoms with Crippen molar-refractivity contribution in [2.24, 2.45) is 0 Å². The summed E-state index contributed by atoms with van der Waals surface area (Å²) in [6.45, 7) is 0. The summed E-state index contributed by atoms with van der Waals surface area (Å²) in [6.07, 6.45) is 0. The number of fused-ring (bicyclic) bond motifs is 9. The number of anilines is 3. The van der Waals surface area contributed by atoms with Gasteiger partial charge < -0.3 is 4.90 Å². The minimum atomic E-state index is 1.12. The van der Waals surface area contributed by atoms with Gasteiger partial charge in [-0.2, -0.15) is 0 Å². The van der Waals surface area contributed by atoms with E-state index in [4.69, 9.17) is 0 Å². The Labute approximate surface area is 317 Å². The van der Waals surface area contributed by atoms with Crippen molar-refractivity contribution in [3.63, 3.8) is 0 Å². The van der Waals surface area contributed by atoms with Crippen LogP contribution < -0.4 is 4.90 Å². The fourth-order valence-corrected chi connectivity index (χ4v) is 9.62. The minimum Gasteiger partial charge on any atom is -0.310 e. The predicted molar refractivity (Wildman–Crippen MR) is 235 cm³/mol. The number of thiophene rings is 1. The minimum absolute atomic E-state index is 1.12. The lowest BCUT2D eigenvalue weighted by molar-refractivity contribution is 1.30. The normalized spacial score (nSPS) is 11.7. The summed E-state index contributed by atoms with van der Waals surface area (Å²) < 4.78 is 2.63. The van der Waals surface area contributed by atoms with Crippen molar-refractivity contribution < 1.29 is 0 Å². The van der Waals surface area contributed by atoms with Gasteiger partial charge in [-0.3, -0.25) is 0 Å². The highest BCUT2D eigenvalue weighted by molar-refractivity contribution is 7.26. The van der Waals surface area contributed by atoms with Crippen molar-refractivity contribution in [1.29, 1.82) is 0 Å². The molecule has 0 bridgehead atoms. The van der Waals surface area contributed by atoms with E-state index in [0.29, 0.717) is 0 Å². The van der Waals surface area contributed by atoms with Gasteiger partial charge in [0, 0.05) is 37.2 Å². The van der Waals surface area contributed by atoms with Crippen LogP contribution in [-0.4, -0.2) is 0 Å². The van der Waals surface area contributed by atoms with Crippen molar-refractivity contribution in [2.45, 2.75) is 0 Å². The van der Waals surface area contributed by atoms with Gasteiger partial charge in [0.2, 0.25) is 0 Å². The van der Waals surface area contributed by atoms with Gasteiger partial charge in [0.1, 0.15) is 0 Å². The summed E-state index contributed by atoms with van der Waals surface area (Å²) in [4.78, 5) is 2.41. The zero-order valence-electron chi connectivity index (χ0n) is 29.4. The zero-order valence-corrected chi connectivity index (χ0v) is 30.2. The number of nitrogens with zero attached hydrogens (tertiary/aromatic N) is 1. The van der Waals surface area contributed by atoms with Crippen LogP contribution in [0.1, 0.15) is 0 Å². The molecule has 0 N–H and O–H groups in total. The van der Waals surface area contributed by atoms with E-state index in [1.54, 1.807) is 0 Å². The predicted octanol–water partition coefficient (Wildman–Crippen LogP) is 15.5. The van der Waals surface area contributed by atoms with E-state index in [1.807, 2.05) is 11.3 Å². The summed E-state index contributed by atoms with van der Waals surface area (Å²) in [5.74, 6) is 0. The third-order valence-corrected chi connectivity index (χ3v) is 12.2. The molecule has 252 valence electrons. The first-order chi connectivity index (χ1) is 26.7. The Kier molecular flexibility index (Phi) is 7.11. The quantitative estimate of drug-likeness (QED) is 0.161. The van der Waals surface area contributed by atoms with E-state index in [2.05, 4.69) is 205 Å². The van der Waals surface area contributed by atoms with E-state index in [-0.39, 0.29) is 0 Å². The number of benzene rings is 10. The fourth-order valence-electron chi connectivity index (χ4n) is 8.35. The topological polar surface area (TPSA) is 3.24 Å². The second-order valence-electron chi connectivity index (χ2n) is 14.1. The third kappa shape index (κ3) is 5.07. The molecule has 0 atom stereocenters. The lowest BCUT2D eigenvalue weighted by Crippen LogP contribution is -2.09. The maximum absolute atomic E-state index is 2.41. The number of hydrogen-bond acceptors (Lipinski definition) is 2. The van der Waals surface area contributed by atoms with Crippen LogP contribution in [0.5, 0.6) is 0 Å². The highest BCUT2D eigenvalue weighted by Crippen LogP contribution is 2.44. The highest BCUT2D eigenvalue weighted by Gasteiger charge is 2.17. The average Bonchev–Trinajstić information content (AvgIpc) is 3.62. The maximum Gasteiger partial charge on any atom is 0.0476 e. The van der Waals surface area contributed by atoms with Crippen molar-refractivity contribution in [1.82, 2.24) is 0 Å². The summed E-state index contributed by atoms with van der Waals surface area (Å²) in [7, 11) is 0. The Morgan fingerprint density at radius 1 is 0.296 bits per heavy atom. The van der Waals surface area contributed by atoms with Gasteiger partial charge in [-0.05, 0) is 114 Å². The lowest BCUT2D eigenvalue weighted by atomic mass is 9.92. The molecule has 0 unspecified atom stereocenters. The van der Waals surface area contributed by atoms with Crippen molar-refractivity contribution in [3.05, 3.63) is 200 Å². The van der Waals surface area contributed by atoms with Crippen LogP contribution in [-0.2, 0) is 0 Å². The molecule has 10 aromatic carbocycles. The number of rotatable bonds is 5. The van der Waals surface area contributed by atoms with Crippen LogP contribution in [0.3, 0.4) is 0 Å². The van der Waals surface area contributed by atoms with Crippen LogP contribution in [0.15, 0.2) is 200 Å². The van der Waals surface area contributed by atoms with E-state index >= 15 is 0 Å². The van der Waals surface area contributed by atoms with Crippen molar-refractivity contribution >= 4 is 91.7 Å². The third-order valence-electron chi connectivity index (χ3n) is 11.0. The molecule has 0 spiro atoms. The lowest BCUT2D eigenvalue weighted by Gasteiger charge is -2.26. The van der Waals surface area contributed by atoms with Gasteiger partial charge in [0.25, 0.3) is 0 Å². The first-order valence-corrected chi connectivity index (χ1v) is 19.3. The first-order valence-electron chi connectivity index (χ1n) is 18.5. The molecule has 0 radical (unpaired) electrons. The van der Waals surface area contributed by atoms with Gasteiger partial charge >= 0.3 is 0 Å². The Balaban J connectivity index is 1.08. The monoisotopic (exact) mass is 703 g/mol. The summed E-state index contributed by atoms with van der Waals surface area (Å²) in [6, 6.07) is 73.5. The second-order valence-corrected chi connectivity index (χ2v) is 15.2. The van der Waals surface area contributed by atoms with Gasteiger partial charge in [0.15, 0.2) is 0 Å². The molecule has 11 aromatic rings. The van der Waals surface area contributed by atoms with Crippen LogP contribution in [0.2, 0.25) is 0 Å². The van der Waals surface area contributed by atoms with Gasteiger partial charge in [-0.25, -0.2) is 0 Å².